The summed E-state index contributed by atoms with van der Waals surface area (Å²) in [5.74, 6) is 0.281. The average molecular weight is 231 g/mol. The van der Waals surface area contributed by atoms with Crippen LogP contribution in [0.25, 0.3) is 0 Å². The Labute approximate surface area is 104 Å². The summed E-state index contributed by atoms with van der Waals surface area (Å²) in [7, 11) is 0. The molecule has 17 heavy (non-hydrogen) atoms. The van der Waals surface area contributed by atoms with E-state index in [4.69, 9.17) is 0 Å². The lowest BCUT2D eigenvalue weighted by atomic mass is 10.0. The molecule has 0 amide bonds. The van der Waals surface area contributed by atoms with Gasteiger partial charge in [0.05, 0.1) is 0 Å². The van der Waals surface area contributed by atoms with Crippen LogP contribution < -0.4 is 0 Å². The van der Waals surface area contributed by atoms with E-state index in [0.717, 1.165) is 12.1 Å². The Bertz CT molecular complexity index is 385. The van der Waals surface area contributed by atoms with Gasteiger partial charge in [0, 0.05) is 18.5 Å². The summed E-state index contributed by atoms with van der Waals surface area (Å²) < 4.78 is 0. The quantitative estimate of drug-likeness (QED) is 0.742. The zero-order chi connectivity index (χ0) is 12.3. The molecule has 1 aliphatic heterocycles. The molecule has 2 nitrogen and oxygen atoms in total. The third-order valence-corrected chi connectivity index (χ3v) is 3.40. The van der Waals surface area contributed by atoms with E-state index in [1.54, 1.807) is 0 Å². The van der Waals surface area contributed by atoms with Crippen LogP contribution in [0.15, 0.2) is 18.2 Å². The minimum Gasteiger partial charge on any atom is -0.303 e. The zero-order valence-corrected chi connectivity index (χ0v) is 10.8. The molecule has 1 aromatic rings. The van der Waals surface area contributed by atoms with Gasteiger partial charge in [-0.05, 0) is 51.9 Å². The monoisotopic (exact) mass is 231 g/mol. The van der Waals surface area contributed by atoms with E-state index < -0.39 is 0 Å². The van der Waals surface area contributed by atoms with Crippen LogP contribution in [0.5, 0.6) is 0 Å². The molecule has 0 unspecified atom stereocenters. The Balaban J connectivity index is 1.94. The Hall–Kier alpha value is -1.15. The molecular formula is C15H21NO. The number of carbonyl (C=O) groups is 1. The first-order valence-electron chi connectivity index (χ1n) is 6.49. The summed E-state index contributed by atoms with van der Waals surface area (Å²) in [4.78, 5) is 14.5. The van der Waals surface area contributed by atoms with Crippen molar-refractivity contribution in [3.05, 3.63) is 34.9 Å². The van der Waals surface area contributed by atoms with Gasteiger partial charge in [-0.15, -0.1) is 0 Å². The highest BCUT2D eigenvalue weighted by molar-refractivity contribution is 5.96. The van der Waals surface area contributed by atoms with Crippen molar-refractivity contribution >= 4 is 5.78 Å². The van der Waals surface area contributed by atoms with Crippen molar-refractivity contribution in [1.82, 2.24) is 4.90 Å². The van der Waals surface area contributed by atoms with Crippen LogP contribution in [0.4, 0.5) is 0 Å². The number of aryl methyl sites for hydroxylation is 2. The van der Waals surface area contributed by atoms with Crippen LogP contribution >= 0.6 is 0 Å². The Morgan fingerprint density at radius 2 is 1.71 bits per heavy atom. The molecule has 0 saturated carbocycles. The molecule has 92 valence electrons. The van der Waals surface area contributed by atoms with Crippen molar-refractivity contribution in [2.45, 2.75) is 33.1 Å². The molecule has 1 aromatic carbocycles. The van der Waals surface area contributed by atoms with Crippen LogP contribution in [-0.4, -0.2) is 30.3 Å². The molecule has 0 bridgehead atoms. The Morgan fingerprint density at radius 3 is 2.29 bits per heavy atom. The van der Waals surface area contributed by atoms with Gasteiger partial charge in [0.2, 0.25) is 0 Å². The highest BCUT2D eigenvalue weighted by Crippen LogP contribution is 2.13. The fraction of sp³-hybridized carbons (Fsp3) is 0.533. The van der Waals surface area contributed by atoms with E-state index in [1.165, 1.54) is 37.1 Å². The number of rotatable bonds is 4. The number of hydrogen-bond acceptors (Lipinski definition) is 2. The lowest BCUT2D eigenvalue weighted by Gasteiger charge is -2.13. The number of ketones is 1. The number of Topliss-reactive ketones (excluding diaryl/α,β-unsaturated/α-hetero) is 1. The summed E-state index contributed by atoms with van der Waals surface area (Å²) in [6.07, 6.45) is 3.23. The van der Waals surface area contributed by atoms with Crippen LogP contribution in [0.1, 0.15) is 40.7 Å². The van der Waals surface area contributed by atoms with Crippen molar-refractivity contribution < 1.29 is 4.79 Å². The van der Waals surface area contributed by atoms with E-state index in [-0.39, 0.29) is 5.78 Å². The van der Waals surface area contributed by atoms with Gasteiger partial charge in [0.25, 0.3) is 0 Å². The fourth-order valence-electron chi connectivity index (χ4n) is 2.55. The second-order valence-electron chi connectivity index (χ2n) is 5.10. The molecule has 1 heterocycles. The fourth-order valence-corrected chi connectivity index (χ4v) is 2.55. The minimum atomic E-state index is 0.281. The smallest absolute Gasteiger partial charge is 0.164 e. The molecule has 1 saturated heterocycles. The van der Waals surface area contributed by atoms with Crippen molar-refractivity contribution in [3.63, 3.8) is 0 Å². The Morgan fingerprint density at radius 1 is 1.12 bits per heavy atom. The number of hydrogen-bond donors (Lipinski definition) is 0. The predicted octanol–water partition coefficient (Wildman–Crippen LogP) is 2.97. The standard InChI is InChI=1S/C15H21NO/c1-12-9-13(2)11-14(10-12)15(17)5-8-16-6-3-4-7-16/h9-11H,3-8H2,1-2H3. The normalized spacial score (nSPS) is 16.4. The van der Waals surface area contributed by atoms with Crippen LogP contribution in [0.2, 0.25) is 0 Å². The molecule has 0 N–H and O–H groups in total. The highest BCUT2D eigenvalue weighted by Gasteiger charge is 2.14. The van der Waals surface area contributed by atoms with Crippen LogP contribution in [0, 0.1) is 13.8 Å². The van der Waals surface area contributed by atoms with Gasteiger partial charge in [-0.2, -0.15) is 0 Å². The molecule has 2 heteroatoms. The topological polar surface area (TPSA) is 20.3 Å². The summed E-state index contributed by atoms with van der Waals surface area (Å²) in [6, 6.07) is 6.11. The van der Waals surface area contributed by atoms with Crippen molar-refractivity contribution in [2.24, 2.45) is 0 Å². The van der Waals surface area contributed by atoms with Crippen LogP contribution in [0.3, 0.4) is 0 Å². The maximum Gasteiger partial charge on any atom is 0.164 e. The van der Waals surface area contributed by atoms with Gasteiger partial charge in [-0.1, -0.05) is 17.2 Å². The molecule has 0 spiro atoms. The maximum atomic E-state index is 12.1. The van der Waals surface area contributed by atoms with Crippen molar-refractivity contribution in [3.8, 4) is 0 Å². The first kappa shape index (κ1) is 12.3. The minimum absolute atomic E-state index is 0.281. The van der Waals surface area contributed by atoms with Gasteiger partial charge >= 0.3 is 0 Å². The van der Waals surface area contributed by atoms with Crippen molar-refractivity contribution in [1.29, 1.82) is 0 Å². The summed E-state index contributed by atoms with van der Waals surface area (Å²) in [6.45, 7) is 7.35. The molecule has 0 atom stereocenters. The highest BCUT2D eigenvalue weighted by atomic mass is 16.1. The van der Waals surface area contributed by atoms with E-state index in [9.17, 15) is 4.79 Å². The molecule has 0 radical (unpaired) electrons. The van der Waals surface area contributed by atoms with E-state index >= 15 is 0 Å². The third-order valence-electron chi connectivity index (χ3n) is 3.40. The van der Waals surface area contributed by atoms with E-state index in [2.05, 4.69) is 11.0 Å². The molecular weight excluding hydrogens is 210 g/mol. The van der Waals surface area contributed by atoms with Gasteiger partial charge in [0.15, 0.2) is 5.78 Å². The first-order chi connectivity index (χ1) is 8.15. The zero-order valence-electron chi connectivity index (χ0n) is 10.8. The largest absolute Gasteiger partial charge is 0.303 e. The van der Waals surface area contributed by atoms with Crippen LogP contribution in [-0.2, 0) is 0 Å². The van der Waals surface area contributed by atoms with E-state index in [1.807, 2.05) is 26.0 Å². The lowest BCUT2D eigenvalue weighted by Crippen LogP contribution is -2.22. The third kappa shape index (κ3) is 3.40. The molecule has 1 fully saturated rings. The van der Waals surface area contributed by atoms with Gasteiger partial charge in [0.1, 0.15) is 0 Å². The SMILES string of the molecule is Cc1cc(C)cc(C(=O)CCN2CCCC2)c1. The molecule has 0 aromatic heterocycles. The maximum absolute atomic E-state index is 12.1. The second-order valence-corrected chi connectivity index (χ2v) is 5.10. The first-order valence-corrected chi connectivity index (χ1v) is 6.49. The van der Waals surface area contributed by atoms with E-state index in [0.29, 0.717) is 6.42 Å². The number of likely N-dealkylation sites (tertiary alicyclic amines) is 1. The molecule has 0 aliphatic carbocycles. The van der Waals surface area contributed by atoms with Gasteiger partial charge in [-0.25, -0.2) is 0 Å². The summed E-state index contributed by atoms with van der Waals surface area (Å²) >= 11 is 0. The van der Waals surface area contributed by atoms with Gasteiger partial charge in [-0.3, -0.25) is 4.79 Å². The number of carbonyl (C=O) groups excluding carboxylic acids is 1. The molecule has 1 aliphatic rings. The predicted molar refractivity (Wildman–Crippen MR) is 70.5 cm³/mol. The number of nitrogens with zero attached hydrogens (tertiary/aromatic N) is 1. The van der Waals surface area contributed by atoms with Gasteiger partial charge < -0.3 is 4.90 Å². The summed E-state index contributed by atoms with van der Waals surface area (Å²) in [5, 5.41) is 0. The number of benzene rings is 1. The Kier molecular flexibility index (Phi) is 3.95. The average Bonchev–Trinajstić information content (AvgIpc) is 2.77. The lowest BCUT2D eigenvalue weighted by molar-refractivity contribution is 0.0968. The summed E-state index contributed by atoms with van der Waals surface area (Å²) in [5.41, 5.74) is 3.23. The van der Waals surface area contributed by atoms with Crippen molar-refractivity contribution in [2.75, 3.05) is 19.6 Å². The second kappa shape index (κ2) is 5.46. The molecule has 2 rings (SSSR count).